The monoisotopic (exact) mass is 370 g/mol. The molecule has 0 aliphatic rings. The van der Waals surface area contributed by atoms with Crippen LogP contribution in [0, 0.1) is 0 Å². The van der Waals surface area contributed by atoms with E-state index in [-0.39, 0.29) is 17.5 Å². The van der Waals surface area contributed by atoms with E-state index >= 15 is 0 Å². The van der Waals surface area contributed by atoms with Crippen molar-refractivity contribution in [1.29, 1.82) is 0 Å². The molecule has 0 heterocycles. The topological polar surface area (TPSA) is 49.4 Å². The Bertz CT molecular complexity index is 750. The van der Waals surface area contributed by atoms with E-state index in [0.717, 1.165) is 0 Å². The zero-order valence-electron chi connectivity index (χ0n) is 12.1. The van der Waals surface area contributed by atoms with Crippen LogP contribution in [0.25, 0.3) is 0 Å². The second-order valence-corrected chi connectivity index (χ2v) is 5.96. The highest BCUT2D eigenvalue weighted by atomic mass is 35.5. The molecular weight excluding hydrogens is 359 g/mol. The smallest absolute Gasteiger partial charge is 0.244 e. The molecule has 0 radical (unpaired) electrons. The summed E-state index contributed by atoms with van der Waals surface area (Å²) in [5.74, 6) is -0.677. The molecule has 0 fully saturated rings. The van der Waals surface area contributed by atoms with E-state index in [0.29, 0.717) is 21.4 Å². The maximum Gasteiger partial charge on any atom is 0.244 e. The van der Waals surface area contributed by atoms with E-state index in [1.54, 1.807) is 42.5 Å². The van der Waals surface area contributed by atoms with E-state index < -0.39 is 5.91 Å². The molecule has 0 saturated heterocycles. The molecule has 0 aliphatic carbocycles. The Balaban J connectivity index is 2.16. The number of halogens is 3. The van der Waals surface area contributed by atoms with Gasteiger partial charge in [-0.1, -0.05) is 46.9 Å². The fourth-order valence-corrected chi connectivity index (χ4v) is 2.49. The van der Waals surface area contributed by atoms with Crippen LogP contribution in [0.5, 0.6) is 0 Å². The first-order valence-electron chi connectivity index (χ1n) is 6.66. The summed E-state index contributed by atoms with van der Waals surface area (Å²) >= 11 is 17.9. The Labute approximate surface area is 148 Å². The molecule has 0 aromatic heterocycles. The Kier molecular flexibility index (Phi) is 5.88. The summed E-state index contributed by atoms with van der Waals surface area (Å²) in [6.45, 7) is 1.21. The molecule has 0 saturated carbocycles. The summed E-state index contributed by atoms with van der Waals surface area (Å²) in [7, 11) is 0. The molecule has 2 aromatic rings. The van der Waals surface area contributed by atoms with Crippen molar-refractivity contribution < 1.29 is 9.59 Å². The van der Waals surface area contributed by atoms with Crippen LogP contribution in [-0.4, -0.2) is 18.4 Å². The summed E-state index contributed by atoms with van der Waals surface area (Å²) in [5.41, 5.74) is 0.927. The molecule has 0 aliphatic heterocycles. The van der Waals surface area contributed by atoms with Crippen LogP contribution in [0.2, 0.25) is 15.1 Å². The van der Waals surface area contributed by atoms with Crippen LogP contribution in [0.15, 0.2) is 42.5 Å². The summed E-state index contributed by atoms with van der Waals surface area (Å²) < 4.78 is 0. The second-order valence-electron chi connectivity index (χ2n) is 4.73. The first-order chi connectivity index (χ1) is 10.9. The lowest BCUT2D eigenvalue weighted by atomic mass is 10.2. The lowest BCUT2D eigenvalue weighted by Crippen LogP contribution is -2.36. The number of amides is 2. The van der Waals surface area contributed by atoms with Crippen molar-refractivity contribution in [2.75, 3.05) is 16.8 Å². The van der Waals surface area contributed by atoms with Crippen molar-refractivity contribution in [3.8, 4) is 0 Å². The SMILES string of the molecule is CC(=O)N(CC(=O)Nc1cccc(Cl)c1Cl)c1cccc(Cl)c1. The number of carbonyl (C=O) groups is 2. The minimum absolute atomic E-state index is 0.168. The van der Waals surface area contributed by atoms with Crippen molar-refractivity contribution in [3.05, 3.63) is 57.5 Å². The number of carbonyl (C=O) groups excluding carboxylic acids is 2. The molecule has 2 rings (SSSR count). The molecule has 0 spiro atoms. The Morgan fingerprint density at radius 2 is 1.78 bits per heavy atom. The van der Waals surface area contributed by atoms with Gasteiger partial charge in [0.25, 0.3) is 0 Å². The number of rotatable bonds is 4. The van der Waals surface area contributed by atoms with Crippen LogP contribution >= 0.6 is 34.8 Å². The number of anilines is 2. The van der Waals surface area contributed by atoms with Crippen molar-refractivity contribution in [2.24, 2.45) is 0 Å². The van der Waals surface area contributed by atoms with E-state index in [4.69, 9.17) is 34.8 Å². The van der Waals surface area contributed by atoms with Gasteiger partial charge < -0.3 is 10.2 Å². The van der Waals surface area contributed by atoms with Crippen molar-refractivity contribution in [2.45, 2.75) is 6.92 Å². The molecule has 2 aromatic carbocycles. The largest absolute Gasteiger partial charge is 0.323 e. The van der Waals surface area contributed by atoms with Crippen LogP contribution in [0.1, 0.15) is 6.92 Å². The summed E-state index contributed by atoms with van der Waals surface area (Å²) in [5, 5.41) is 3.70. The zero-order valence-corrected chi connectivity index (χ0v) is 14.4. The predicted molar refractivity (Wildman–Crippen MR) is 94.6 cm³/mol. The first-order valence-corrected chi connectivity index (χ1v) is 7.79. The number of nitrogens with one attached hydrogen (secondary N) is 1. The minimum atomic E-state index is -0.399. The molecule has 2 amide bonds. The number of benzene rings is 2. The Morgan fingerprint density at radius 1 is 1.09 bits per heavy atom. The van der Waals surface area contributed by atoms with Gasteiger partial charge in [0, 0.05) is 17.6 Å². The normalized spacial score (nSPS) is 10.3. The van der Waals surface area contributed by atoms with Crippen LogP contribution in [-0.2, 0) is 9.59 Å². The number of hydrogen-bond donors (Lipinski definition) is 1. The molecule has 4 nitrogen and oxygen atoms in total. The number of nitrogens with zero attached hydrogens (tertiary/aromatic N) is 1. The van der Waals surface area contributed by atoms with E-state index in [2.05, 4.69) is 5.32 Å². The molecule has 120 valence electrons. The summed E-state index contributed by atoms with van der Waals surface area (Å²) in [4.78, 5) is 25.3. The highest BCUT2D eigenvalue weighted by Gasteiger charge is 2.17. The van der Waals surface area contributed by atoms with E-state index in [1.165, 1.54) is 11.8 Å². The third-order valence-electron chi connectivity index (χ3n) is 3.03. The van der Waals surface area contributed by atoms with Gasteiger partial charge in [0.1, 0.15) is 6.54 Å². The lowest BCUT2D eigenvalue weighted by molar-refractivity contribution is -0.120. The first kappa shape index (κ1) is 17.6. The average molecular weight is 372 g/mol. The fourth-order valence-electron chi connectivity index (χ4n) is 1.96. The summed E-state index contributed by atoms with van der Waals surface area (Å²) in [6.07, 6.45) is 0. The van der Waals surface area contributed by atoms with Crippen LogP contribution in [0.3, 0.4) is 0 Å². The van der Waals surface area contributed by atoms with Crippen LogP contribution in [0.4, 0.5) is 11.4 Å². The van der Waals surface area contributed by atoms with Gasteiger partial charge >= 0.3 is 0 Å². The maximum absolute atomic E-state index is 12.2. The molecule has 1 N–H and O–H groups in total. The third-order valence-corrected chi connectivity index (χ3v) is 4.08. The van der Waals surface area contributed by atoms with Gasteiger partial charge in [-0.15, -0.1) is 0 Å². The van der Waals surface area contributed by atoms with E-state index in [1.807, 2.05) is 0 Å². The van der Waals surface area contributed by atoms with Gasteiger partial charge in [0.15, 0.2) is 0 Å². The molecule has 0 unspecified atom stereocenters. The molecule has 23 heavy (non-hydrogen) atoms. The van der Waals surface area contributed by atoms with Gasteiger partial charge in [0.05, 0.1) is 15.7 Å². The maximum atomic E-state index is 12.2. The van der Waals surface area contributed by atoms with Crippen molar-refractivity contribution in [3.63, 3.8) is 0 Å². The molecule has 0 bridgehead atoms. The Morgan fingerprint density at radius 3 is 2.43 bits per heavy atom. The standard InChI is InChI=1S/C16H13Cl3N2O2/c1-10(22)21(12-5-2-4-11(17)8-12)9-15(23)20-14-7-3-6-13(18)16(14)19/h2-8H,9H2,1H3,(H,20,23). The third kappa shape index (κ3) is 4.61. The average Bonchev–Trinajstić information content (AvgIpc) is 2.49. The van der Waals surface area contributed by atoms with Gasteiger partial charge in [0.2, 0.25) is 11.8 Å². The fraction of sp³-hybridized carbons (Fsp3) is 0.125. The summed E-state index contributed by atoms with van der Waals surface area (Å²) in [6, 6.07) is 11.6. The van der Waals surface area contributed by atoms with Gasteiger partial charge in [-0.3, -0.25) is 9.59 Å². The lowest BCUT2D eigenvalue weighted by Gasteiger charge is -2.21. The van der Waals surface area contributed by atoms with Gasteiger partial charge in [-0.25, -0.2) is 0 Å². The quantitative estimate of drug-likeness (QED) is 0.851. The highest BCUT2D eigenvalue weighted by Crippen LogP contribution is 2.29. The van der Waals surface area contributed by atoms with Gasteiger partial charge in [-0.2, -0.15) is 0 Å². The molecule has 7 heteroatoms. The second kappa shape index (κ2) is 7.68. The molecule has 0 atom stereocenters. The molecular formula is C16H13Cl3N2O2. The minimum Gasteiger partial charge on any atom is -0.323 e. The number of hydrogen-bond acceptors (Lipinski definition) is 2. The Hall–Kier alpha value is -1.75. The highest BCUT2D eigenvalue weighted by molar-refractivity contribution is 6.44. The van der Waals surface area contributed by atoms with E-state index in [9.17, 15) is 9.59 Å². The zero-order chi connectivity index (χ0) is 17.0. The van der Waals surface area contributed by atoms with Crippen molar-refractivity contribution >= 4 is 58.0 Å². The van der Waals surface area contributed by atoms with Crippen molar-refractivity contribution in [1.82, 2.24) is 0 Å². The van der Waals surface area contributed by atoms with Crippen LogP contribution < -0.4 is 10.2 Å². The predicted octanol–water partition coefficient (Wildman–Crippen LogP) is 4.64. The van der Waals surface area contributed by atoms with Gasteiger partial charge in [-0.05, 0) is 30.3 Å².